The van der Waals surface area contributed by atoms with Crippen LogP contribution in [0.25, 0.3) is 0 Å². The Morgan fingerprint density at radius 3 is 2.62 bits per heavy atom. The molecule has 0 radical (unpaired) electrons. The van der Waals surface area contributed by atoms with Crippen LogP contribution in [0.2, 0.25) is 0 Å². The normalized spacial score (nSPS) is 11.1. The highest BCUT2D eigenvalue weighted by Gasteiger charge is 2.18. The first-order valence-corrected chi connectivity index (χ1v) is 6.36. The summed E-state index contributed by atoms with van der Waals surface area (Å²) >= 11 is 5.19. The maximum Gasteiger partial charge on any atom is 0.293 e. The number of benzene rings is 1. The van der Waals surface area contributed by atoms with Gasteiger partial charge < -0.3 is 0 Å². The van der Waals surface area contributed by atoms with Crippen molar-refractivity contribution in [3.63, 3.8) is 0 Å². The van der Waals surface area contributed by atoms with E-state index in [-0.39, 0.29) is 11.4 Å². The zero-order chi connectivity index (χ0) is 12.3. The van der Waals surface area contributed by atoms with E-state index in [9.17, 15) is 18.5 Å². The van der Waals surface area contributed by atoms with Crippen LogP contribution in [0, 0.1) is 17.0 Å². The molecule has 1 rings (SSSR count). The number of sulfonamides is 1. The van der Waals surface area contributed by atoms with Gasteiger partial charge in [-0.15, -0.1) is 11.6 Å². The number of alkyl halides is 1. The van der Waals surface area contributed by atoms with Crippen molar-refractivity contribution in [2.24, 2.45) is 0 Å². The van der Waals surface area contributed by atoms with E-state index in [4.69, 9.17) is 11.6 Å². The third-order valence-electron chi connectivity index (χ3n) is 1.76. The Kier molecular flexibility index (Phi) is 3.71. The number of nitrogens with one attached hydrogen (secondary N) is 1. The molecule has 0 atom stereocenters. The predicted molar refractivity (Wildman–Crippen MR) is 61.1 cm³/mol. The molecule has 0 aliphatic carbocycles. The number of nitro benzene ring substituents is 1. The molecule has 0 unspecified atom stereocenters. The summed E-state index contributed by atoms with van der Waals surface area (Å²) in [5.41, 5.74) is 0.322. The summed E-state index contributed by atoms with van der Waals surface area (Å²) in [4.78, 5) is 9.98. The van der Waals surface area contributed by atoms with Crippen molar-refractivity contribution in [2.75, 3.05) is 9.93 Å². The number of hydrogen-bond acceptors (Lipinski definition) is 4. The topological polar surface area (TPSA) is 89.3 Å². The van der Waals surface area contributed by atoms with E-state index >= 15 is 0 Å². The first-order valence-electron chi connectivity index (χ1n) is 4.17. The molecule has 0 spiro atoms. The van der Waals surface area contributed by atoms with Crippen LogP contribution in [-0.2, 0) is 10.0 Å². The van der Waals surface area contributed by atoms with Gasteiger partial charge in [0, 0.05) is 6.07 Å². The fraction of sp³-hybridized carbons (Fsp3) is 0.250. The highest BCUT2D eigenvalue weighted by molar-refractivity contribution is 7.93. The average Bonchev–Trinajstić information content (AvgIpc) is 2.16. The molecular weight excluding hydrogens is 256 g/mol. The number of nitro groups is 1. The Balaban J connectivity index is 3.21. The van der Waals surface area contributed by atoms with E-state index in [2.05, 4.69) is 4.72 Å². The number of nitrogens with zero attached hydrogens (tertiary/aromatic N) is 1. The number of rotatable bonds is 4. The highest BCUT2D eigenvalue weighted by atomic mass is 35.5. The molecule has 0 aliphatic heterocycles. The minimum absolute atomic E-state index is 0.0781. The van der Waals surface area contributed by atoms with E-state index < -0.39 is 20.2 Å². The second-order valence-electron chi connectivity index (χ2n) is 3.10. The van der Waals surface area contributed by atoms with Gasteiger partial charge in [-0.05, 0) is 18.6 Å². The summed E-state index contributed by atoms with van der Waals surface area (Å²) in [6.07, 6.45) is 0. The fourth-order valence-corrected chi connectivity index (χ4v) is 1.80. The number of anilines is 1. The third-order valence-corrected chi connectivity index (χ3v) is 3.44. The minimum atomic E-state index is -3.73. The molecule has 8 heteroatoms. The van der Waals surface area contributed by atoms with Crippen LogP contribution in [0.1, 0.15) is 5.56 Å². The first-order chi connectivity index (χ1) is 7.35. The summed E-state index contributed by atoms with van der Waals surface area (Å²) in [5.74, 6) is 0. The van der Waals surface area contributed by atoms with Crippen LogP contribution in [0.5, 0.6) is 0 Å². The number of aryl methyl sites for hydroxylation is 1. The molecule has 0 aromatic heterocycles. The van der Waals surface area contributed by atoms with Gasteiger partial charge in [0.1, 0.15) is 10.9 Å². The van der Waals surface area contributed by atoms with Gasteiger partial charge in [0.25, 0.3) is 5.69 Å². The molecule has 1 aromatic carbocycles. The molecule has 0 fully saturated rings. The minimum Gasteiger partial charge on any atom is -0.276 e. The average molecular weight is 265 g/mol. The van der Waals surface area contributed by atoms with Crippen molar-refractivity contribution in [1.82, 2.24) is 0 Å². The number of halogens is 1. The maximum absolute atomic E-state index is 11.2. The van der Waals surface area contributed by atoms with Crippen molar-refractivity contribution >= 4 is 33.0 Å². The fourth-order valence-electron chi connectivity index (χ4n) is 1.09. The van der Waals surface area contributed by atoms with E-state index in [0.29, 0.717) is 5.56 Å². The molecule has 88 valence electrons. The second kappa shape index (κ2) is 4.67. The van der Waals surface area contributed by atoms with E-state index in [1.807, 2.05) is 0 Å². The third kappa shape index (κ3) is 3.07. The van der Waals surface area contributed by atoms with Gasteiger partial charge in [-0.25, -0.2) is 8.42 Å². The van der Waals surface area contributed by atoms with Crippen LogP contribution in [0.3, 0.4) is 0 Å². The van der Waals surface area contributed by atoms with E-state index in [1.165, 1.54) is 18.2 Å². The summed E-state index contributed by atoms with van der Waals surface area (Å²) in [6, 6.07) is 4.14. The molecule has 0 bridgehead atoms. The molecule has 0 aliphatic rings. The smallest absolute Gasteiger partial charge is 0.276 e. The van der Waals surface area contributed by atoms with Crippen molar-refractivity contribution in [2.45, 2.75) is 6.92 Å². The lowest BCUT2D eigenvalue weighted by molar-refractivity contribution is -0.383. The SMILES string of the molecule is Cc1ccc([N+](=O)[O-])c(NS(=O)(=O)CCl)c1. The Labute approximate surface area is 97.4 Å². The molecular formula is C8H9ClN2O4S. The van der Waals surface area contributed by atoms with E-state index in [1.54, 1.807) is 6.92 Å². The van der Waals surface area contributed by atoms with Gasteiger partial charge in [0.05, 0.1) is 4.92 Å². The Morgan fingerprint density at radius 2 is 2.12 bits per heavy atom. The first kappa shape index (κ1) is 12.7. The Hall–Kier alpha value is -1.34. The molecule has 0 saturated carbocycles. The molecule has 0 heterocycles. The van der Waals surface area contributed by atoms with Gasteiger partial charge in [-0.1, -0.05) is 6.07 Å². The maximum atomic E-state index is 11.2. The lowest BCUT2D eigenvalue weighted by atomic mass is 10.2. The quantitative estimate of drug-likeness (QED) is 0.510. The Bertz CT molecular complexity index is 515. The lowest BCUT2D eigenvalue weighted by Crippen LogP contribution is -2.14. The van der Waals surface area contributed by atoms with Crippen molar-refractivity contribution in [3.8, 4) is 0 Å². The predicted octanol–water partition coefficient (Wildman–Crippen LogP) is 1.84. The summed E-state index contributed by atoms with van der Waals surface area (Å²) in [7, 11) is -3.73. The summed E-state index contributed by atoms with van der Waals surface area (Å²) < 4.78 is 24.4. The van der Waals surface area contributed by atoms with Crippen LogP contribution in [-0.4, -0.2) is 18.6 Å². The molecule has 0 amide bonds. The van der Waals surface area contributed by atoms with Crippen molar-refractivity contribution in [3.05, 3.63) is 33.9 Å². The van der Waals surface area contributed by atoms with Crippen LogP contribution in [0.15, 0.2) is 18.2 Å². The van der Waals surface area contributed by atoms with Crippen LogP contribution in [0.4, 0.5) is 11.4 Å². The van der Waals surface area contributed by atoms with Gasteiger partial charge in [-0.3, -0.25) is 14.8 Å². The summed E-state index contributed by atoms with van der Waals surface area (Å²) in [5, 5.41) is 9.99. The lowest BCUT2D eigenvalue weighted by Gasteiger charge is -2.06. The largest absolute Gasteiger partial charge is 0.293 e. The molecule has 0 saturated heterocycles. The highest BCUT2D eigenvalue weighted by Crippen LogP contribution is 2.26. The van der Waals surface area contributed by atoms with Crippen LogP contribution < -0.4 is 4.72 Å². The van der Waals surface area contributed by atoms with E-state index in [0.717, 1.165) is 0 Å². The van der Waals surface area contributed by atoms with Crippen LogP contribution >= 0.6 is 11.6 Å². The summed E-state index contributed by atoms with van der Waals surface area (Å²) in [6.45, 7) is 1.70. The van der Waals surface area contributed by atoms with Gasteiger partial charge in [0.15, 0.2) is 0 Å². The second-order valence-corrected chi connectivity index (χ2v) is 5.41. The molecule has 1 N–H and O–H groups in total. The van der Waals surface area contributed by atoms with Crippen molar-refractivity contribution < 1.29 is 13.3 Å². The molecule has 6 nitrogen and oxygen atoms in total. The van der Waals surface area contributed by atoms with Gasteiger partial charge in [-0.2, -0.15) is 0 Å². The monoisotopic (exact) mass is 264 g/mol. The number of hydrogen-bond donors (Lipinski definition) is 1. The zero-order valence-corrected chi connectivity index (χ0v) is 9.88. The zero-order valence-electron chi connectivity index (χ0n) is 8.31. The van der Waals surface area contributed by atoms with Gasteiger partial charge in [0.2, 0.25) is 10.0 Å². The Morgan fingerprint density at radius 1 is 1.50 bits per heavy atom. The standard InChI is InChI=1S/C8H9ClN2O4S/c1-6-2-3-8(11(12)13)7(4-6)10-16(14,15)5-9/h2-4,10H,5H2,1H3. The van der Waals surface area contributed by atoms with Gasteiger partial charge >= 0.3 is 0 Å². The molecule has 16 heavy (non-hydrogen) atoms. The van der Waals surface area contributed by atoms with Crippen molar-refractivity contribution in [1.29, 1.82) is 0 Å². The molecule has 1 aromatic rings.